The number of aromatic nitrogens is 1. The van der Waals surface area contributed by atoms with E-state index in [1.807, 2.05) is 18.4 Å². The molecule has 23 heavy (non-hydrogen) atoms. The fourth-order valence-corrected chi connectivity index (χ4v) is 3.36. The Hall–Kier alpha value is -2.06. The lowest BCUT2D eigenvalue weighted by Gasteiger charge is -2.26. The Morgan fingerprint density at radius 1 is 1.43 bits per heavy atom. The van der Waals surface area contributed by atoms with Gasteiger partial charge in [0.2, 0.25) is 0 Å². The molecule has 1 atom stereocenters. The van der Waals surface area contributed by atoms with Gasteiger partial charge in [0, 0.05) is 24.1 Å². The monoisotopic (exact) mass is 351 g/mol. The van der Waals surface area contributed by atoms with Gasteiger partial charge < -0.3 is 10.1 Å². The van der Waals surface area contributed by atoms with Gasteiger partial charge in [-0.3, -0.25) is 5.32 Å². The molecule has 2 heterocycles. The molecule has 0 bridgehead atoms. The van der Waals surface area contributed by atoms with Crippen molar-refractivity contribution >= 4 is 39.9 Å². The molecule has 1 unspecified atom stereocenters. The number of carbonyl (C=O) groups is 1. The molecular formula is C15H14FN3O2S2. The normalized spacial score (nSPS) is 19.6. The van der Waals surface area contributed by atoms with Crippen LogP contribution in [0.1, 0.15) is 13.3 Å². The number of ether oxygens (including phenoxy) is 1. The van der Waals surface area contributed by atoms with Crippen LogP contribution in [-0.2, 0) is 0 Å². The van der Waals surface area contributed by atoms with Crippen molar-refractivity contribution in [3.8, 4) is 5.75 Å². The molecule has 3 rings (SSSR count). The number of benzene rings is 1. The molecule has 2 N–H and O–H groups in total. The standard InChI is InChI=1S/C15H14FN3O2S2/c1-15(5-2-7-23-15)21-12-4-3-10(16)9-11(12)18-13(20)19-14-17-6-8-22-14/h2-4,6-9H,5H2,1H3,(H2,17,18,19,20). The van der Waals surface area contributed by atoms with E-state index in [0.29, 0.717) is 10.9 Å². The maximum atomic E-state index is 13.5. The van der Waals surface area contributed by atoms with Crippen molar-refractivity contribution in [2.45, 2.75) is 18.3 Å². The first-order chi connectivity index (χ1) is 11.0. The lowest BCUT2D eigenvalue weighted by molar-refractivity contribution is 0.193. The number of thioether (sulfide) groups is 1. The van der Waals surface area contributed by atoms with Gasteiger partial charge in [-0.1, -0.05) is 17.8 Å². The third kappa shape index (κ3) is 4.02. The molecule has 8 heteroatoms. The van der Waals surface area contributed by atoms with E-state index in [1.165, 1.54) is 29.5 Å². The number of nitrogens with one attached hydrogen (secondary N) is 2. The molecule has 0 saturated heterocycles. The average molecular weight is 351 g/mol. The maximum absolute atomic E-state index is 13.5. The molecule has 1 aromatic heterocycles. The average Bonchev–Trinajstić information content (AvgIpc) is 3.14. The summed E-state index contributed by atoms with van der Waals surface area (Å²) in [4.78, 5) is 15.5. The number of hydrogen-bond acceptors (Lipinski definition) is 5. The second kappa shape index (κ2) is 6.59. The lowest BCUT2D eigenvalue weighted by atomic mass is 10.2. The number of carbonyl (C=O) groups excluding carboxylic acids is 1. The van der Waals surface area contributed by atoms with Crippen molar-refractivity contribution in [1.29, 1.82) is 0 Å². The fourth-order valence-electron chi connectivity index (χ4n) is 2.03. The van der Waals surface area contributed by atoms with Crippen LogP contribution in [0.25, 0.3) is 0 Å². The van der Waals surface area contributed by atoms with Crippen molar-refractivity contribution in [1.82, 2.24) is 4.98 Å². The first kappa shape index (κ1) is 15.8. The second-order valence-corrected chi connectivity index (χ2v) is 7.25. The number of thiazole rings is 1. The van der Waals surface area contributed by atoms with Crippen LogP contribution in [0, 0.1) is 5.82 Å². The van der Waals surface area contributed by atoms with E-state index in [4.69, 9.17) is 4.74 Å². The smallest absolute Gasteiger partial charge is 0.325 e. The summed E-state index contributed by atoms with van der Waals surface area (Å²) in [7, 11) is 0. The van der Waals surface area contributed by atoms with Crippen LogP contribution in [0.4, 0.5) is 20.0 Å². The highest BCUT2D eigenvalue weighted by Gasteiger charge is 2.29. The Bertz CT molecular complexity index is 726. The van der Waals surface area contributed by atoms with E-state index in [-0.39, 0.29) is 5.69 Å². The van der Waals surface area contributed by atoms with Gasteiger partial charge in [-0.25, -0.2) is 14.2 Å². The van der Waals surface area contributed by atoms with Crippen LogP contribution in [0.3, 0.4) is 0 Å². The number of rotatable bonds is 4. The highest BCUT2D eigenvalue weighted by Crippen LogP contribution is 2.40. The summed E-state index contributed by atoms with van der Waals surface area (Å²) in [6.07, 6.45) is 4.33. The molecule has 0 radical (unpaired) electrons. The van der Waals surface area contributed by atoms with Gasteiger partial charge in [0.05, 0.1) is 5.69 Å². The summed E-state index contributed by atoms with van der Waals surface area (Å²) >= 11 is 2.84. The number of hydrogen-bond donors (Lipinski definition) is 2. The minimum atomic E-state index is -0.502. The van der Waals surface area contributed by atoms with Crippen LogP contribution in [-0.4, -0.2) is 15.9 Å². The lowest BCUT2D eigenvalue weighted by Crippen LogP contribution is -2.26. The van der Waals surface area contributed by atoms with E-state index in [2.05, 4.69) is 15.6 Å². The first-order valence-electron chi connectivity index (χ1n) is 6.83. The molecule has 1 aliphatic rings. The maximum Gasteiger partial charge on any atom is 0.325 e. The zero-order valence-electron chi connectivity index (χ0n) is 12.2. The van der Waals surface area contributed by atoms with Crippen LogP contribution in [0.15, 0.2) is 41.3 Å². The topological polar surface area (TPSA) is 63.2 Å². The van der Waals surface area contributed by atoms with E-state index in [9.17, 15) is 9.18 Å². The SMILES string of the molecule is CC1(Oc2ccc(F)cc2NC(=O)Nc2nccs2)CC=CS1. The Kier molecular flexibility index (Phi) is 4.53. The minimum absolute atomic E-state index is 0.271. The molecule has 2 aromatic rings. The summed E-state index contributed by atoms with van der Waals surface area (Å²) in [5, 5.41) is 9.36. The van der Waals surface area contributed by atoms with E-state index in [0.717, 1.165) is 6.42 Å². The molecular weight excluding hydrogens is 337 g/mol. The Labute approximate surface area is 141 Å². The molecule has 1 aliphatic heterocycles. The first-order valence-corrected chi connectivity index (χ1v) is 8.59. The number of urea groups is 1. The molecule has 0 spiro atoms. The molecule has 5 nitrogen and oxygen atoms in total. The van der Waals surface area contributed by atoms with Gasteiger partial charge in [-0.2, -0.15) is 0 Å². The number of anilines is 2. The summed E-state index contributed by atoms with van der Waals surface area (Å²) in [5.41, 5.74) is 0.271. The molecule has 0 saturated carbocycles. The van der Waals surface area contributed by atoms with E-state index in [1.54, 1.807) is 23.3 Å². The summed E-state index contributed by atoms with van der Waals surface area (Å²) < 4.78 is 19.5. The van der Waals surface area contributed by atoms with Crippen molar-refractivity contribution < 1.29 is 13.9 Å². The zero-order valence-corrected chi connectivity index (χ0v) is 13.8. The molecule has 120 valence electrons. The van der Waals surface area contributed by atoms with Gasteiger partial charge in [0.25, 0.3) is 0 Å². The predicted molar refractivity (Wildman–Crippen MR) is 91.5 cm³/mol. The minimum Gasteiger partial charge on any atom is -0.474 e. The predicted octanol–water partition coefficient (Wildman–Crippen LogP) is 4.67. The Balaban J connectivity index is 1.74. The van der Waals surface area contributed by atoms with Crippen LogP contribution in [0.2, 0.25) is 0 Å². The van der Waals surface area contributed by atoms with Gasteiger partial charge >= 0.3 is 6.03 Å². The highest BCUT2D eigenvalue weighted by atomic mass is 32.2. The largest absolute Gasteiger partial charge is 0.474 e. The van der Waals surface area contributed by atoms with Crippen molar-refractivity contribution in [3.05, 3.63) is 47.1 Å². The fraction of sp³-hybridized carbons (Fsp3) is 0.200. The molecule has 0 fully saturated rings. The highest BCUT2D eigenvalue weighted by molar-refractivity contribution is 8.03. The quantitative estimate of drug-likeness (QED) is 0.840. The number of amides is 2. The summed E-state index contributed by atoms with van der Waals surface area (Å²) in [5.74, 6) is -0.0383. The second-order valence-electron chi connectivity index (χ2n) is 4.99. The van der Waals surface area contributed by atoms with E-state index < -0.39 is 16.8 Å². The summed E-state index contributed by atoms with van der Waals surface area (Å²) in [6.45, 7) is 1.94. The van der Waals surface area contributed by atoms with Crippen LogP contribution >= 0.6 is 23.1 Å². The van der Waals surface area contributed by atoms with Crippen LogP contribution in [0.5, 0.6) is 5.75 Å². The number of halogens is 1. The molecule has 2 amide bonds. The Morgan fingerprint density at radius 2 is 2.30 bits per heavy atom. The van der Waals surface area contributed by atoms with Crippen molar-refractivity contribution in [2.75, 3.05) is 10.6 Å². The third-order valence-corrected chi connectivity index (χ3v) is 4.84. The number of nitrogens with zero attached hydrogens (tertiary/aromatic N) is 1. The van der Waals surface area contributed by atoms with Crippen molar-refractivity contribution in [2.24, 2.45) is 0 Å². The van der Waals surface area contributed by atoms with Crippen LogP contribution < -0.4 is 15.4 Å². The van der Waals surface area contributed by atoms with Gasteiger partial charge in [0.1, 0.15) is 11.6 Å². The zero-order chi connectivity index (χ0) is 16.3. The summed E-state index contributed by atoms with van der Waals surface area (Å²) in [6, 6.07) is 3.54. The van der Waals surface area contributed by atoms with Gasteiger partial charge in [-0.05, 0) is 24.5 Å². The third-order valence-electron chi connectivity index (χ3n) is 3.07. The van der Waals surface area contributed by atoms with E-state index >= 15 is 0 Å². The van der Waals surface area contributed by atoms with Gasteiger partial charge in [0.15, 0.2) is 10.1 Å². The van der Waals surface area contributed by atoms with Gasteiger partial charge in [-0.15, -0.1) is 11.3 Å². The Morgan fingerprint density at radius 3 is 3.00 bits per heavy atom. The van der Waals surface area contributed by atoms with Crippen molar-refractivity contribution in [3.63, 3.8) is 0 Å². The molecule has 1 aromatic carbocycles. The molecule has 0 aliphatic carbocycles.